The third-order valence-electron chi connectivity index (χ3n) is 1.77. The number of phenolic OH excluding ortho intramolecular Hbond substituents is 2. The molecule has 0 aliphatic heterocycles. The van der Waals surface area contributed by atoms with Crippen molar-refractivity contribution in [2.24, 2.45) is 0 Å². The van der Waals surface area contributed by atoms with Crippen molar-refractivity contribution in [3.05, 3.63) is 36.4 Å². The van der Waals surface area contributed by atoms with Crippen LogP contribution in [0.25, 0.3) is 0 Å². The van der Waals surface area contributed by atoms with Crippen LogP contribution in [0.3, 0.4) is 0 Å². The monoisotopic (exact) mass is 423 g/mol. The number of hydrogen-bond donors (Lipinski definition) is 2. The number of nitrogens with zero attached hydrogens (tertiary/aromatic N) is 3. The molecule has 4 radical (unpaired) electrons. The summed E-state index contributed by atoms with van der Waals surface area (Å²) in [6, 6.07) is 0.232. The molecule has 19 heavy (non-hydrogen) atoms. The molecular weight excluding hydrogens is 419 g/mol. The topological polar surface area (TPSA) is 170 Å². The van der Waals surface area contributed by atoms with Gasteiger partial charge in [0, 0.05) is 86.6 Å². The SMILES string of the molecule is O=[N+]([O-])c1cc(O)c([N+](=O)[O-])c(O)c1[N+](=O)[O-].[Ba].[Ca]. The van der Waals surface area contributed by atoms with Gasteiger partial charge in [0.15, 0.2) is 0 Å². The van der Waals surface area contributed by atoms with E-state index < -0.39 is 43.3 Å². The first-order valence-electron chi connectivity index (χ1n) is 3.79. The molecule has 0 aromatic heterocycles. The van der Waals surface area contributed by atoms with Gasteiger partial charge < -0.3 is 10.2 Å². The Morgan fingerprint density at radius 1 is 0.895 bits per heavy atom. The average Bonchev–Trinajstić information content (AvgIpc) is 2.14. The Kier molecular flexibility index (Phi) is 9.14. The molecule has 0 bridgehead atoms. The standard InChI is InChI=1S/C6H3N3O8.Ba.Ca/c10-3-1-2(7(12)13)4(8(14)15)6(11)5(3)9(16)17;;/h1,10-11H;;. The largest absolute Gasteiger partial charge is 0.502 e. The summed E-state index contributed by atoms with van der Waals surface area (Å²) >= 11 is 0. The number of phenols is 2. The summed E-state index contributed by atoms with van der Waals surface area (Å²) in [5, 5.41) is 49.5. The Labute approximate surface area is 174 Å². The zero-order valence-corrected chi connectivity index (χ0v) is 15.8. The average molecular weight is 423 g/mol. The molecule has 11 nitrogen and oxygen atoms in total. The minimum Gasteiger partial charge on any atom is -0.502 e. The fourth-order valence-corrected chi connectivity index (χ4v) is 1.12. The van der Waals surface area contributed by atoms with E-state index in [0.29, 0.717) is 0 Å². The Morgan fingerprint density at radius 2 is 1.32 bits per heavy atom. The van der Waals surface area contributed by atoms with Crippen LogP contribution >= 0.6 is 0 Å². The van der Waals surface area contributed by atoms with Crippen molar-refractivity contribution in [1.82, 2.24) is 0 Å². The van der Waals surface area contributed by atoms with Crippen LogP contribution in [0.4, 0.5) is 17.1 Å². The van der Waals surface area contributed by atoms with Crippen LogP contribution in [-0.2, 0) is 0 Å². The summed E-state index contributed by atoms with van der Waals surface area (Å²) in [7, 11) is 0. The second-order valence-corrected chi connectivity index (χ2v) is 2.73. The van der Waals surface area contributed by atoms with Crippen LogP contribution in [0.5, 0.6) is 11.5 Å². The molecule has 13 heteroatoms. The van der Waals surface area contributed by atoms with Crippen molar-refractivity contribution in [2.75, 3.05) is 0 Å². The number of nitro groups is 3. The molecule has 0 spiro atoms. The van der Waals surface area contributed by atoms with E-state index in [1.807, 2.05) is 0 Å². The van der Waals surface area contributed by atoms with Crippen molar-refractivity contribution in [3.8, 4) is 11.5 Å². The van der Waals surface area contributed by atoms with E-state index in [-0.39, 0.29) is 92.7 Å². The summed E-state index contributed by atoms with van der Waals surface area (Å²) in [4.78, 5) is 27.4. The normalized spacial score (nSPS) is 8.84. The molecule has 0 saturated heterocycles. The zero-order chi connectivity index (χ0) is 13.3. The van der Waals surface area contributed by atoms with Crippen LogP contribution in [0, 0.1) is 30.3 Å². The van der Waals surface area contributed by atoms with E-state index in [2.05, 4.69) is 0 Å². The van der Waals surface area contributed by atoms with Gasteiger partial charge in [-0.1, -0.05) is 0 Å². The van der Waals surface area contributed by atoms with Gasteiger partial charge in [-0.15, -0.1) is 0 Å². The van der Waals surface area contributed by atoms with Gasteiger partial charge in [-0.25, -0.2) is 0 Å². The zero-order valence-electron chi connectivity index (χ0n) is 9.18. The van der Waals surface area contributed by atoms with E-state index in [1.165, 1.54) is 0 Å². The Morgan fingerprint density at radius 3 is 1.63 bits per heavy atom. The van der Waals surface area contributed by atoms with Gasteiger partial charge in [0.1, 0.15) is 0 Å². The fraction of sp³-hybridized carbons (Fsp3) is 0. The number of hydrogen-bond acceptors (Lipinski definition) is 8. The summed E-state index contributed by atoms with van der Waals surface area (Å²) in [5.41, 5.74) is -4.04. The van der Waals surface area contributed by atoms with Crippen LogP contribution in [0.1, 0.15) is 0 Å². The predicted octanol–water partition coefficient (Wildman–Crippen LogP) is 0.0608. The van der Waals surface area contributed by atoms with Crippen molar-refractivity contribution in [2.45, 2.75) is 0 Å². The van der Waals surface area contributed by atoms with Gasteiger partial charge in [-0.2, -0.15) is 0 Å². The minimum atomic E-state index is -1.56. The number of rotatable bonds is 3. The number of aromatic hydroxyl groups is 2. The third-order valence-corrected chi connectivity index (χ3v) is 1.77. The van der Waals surface area contributed by atoms with Gasteiger partial charge in [0.2, 0.25) is 5.75 Å². The van der Waals surface area contributed by atoms with Gasteiger partial charge >= 0.3 is 17.1 Å². The molecule has 94 valence electrons. The van der Waals surface area contributed by atoms with Gasteiger partial charge in [-0.05, 0) is 0 Å². The predicted molar refractivity (Wildman–Crippen MR) is 61.2 cm³/mol. The Balaban J connectivity index is 0. The molecule has 0 aliphatic carbocycles. The van der Waals surface area contributed by atoms with Gasteiger partial charge in [0.25, 0.3) is 5.75 Å². The maximum atomic E-state index is 10.5. The quantitative estimate of drug-likeness (QED) is 0.391. The summed E-state index contributed by atoms with van der Waals surface area (Å²) < 4.78 is 0. The van der Waals surface area contributed by atoms with Crippen molar-refractivity contribution < 1.29 is 25.0 Å². The maximum absolute atomic E-state index is 10.5. The van der Waals surface area contributed by atoms with E-state index in [0.717, 1.165) is 0 Å². The first-order chi connectivity index (χ1) is 7.77. The fourth-order valence-electron chi connectivity index (χ4n) is 1.12. The molecule has 0 unspecified atom stereocenters. The summed E-state index contributed by atoms with van der Waals surface area (Å²) in [5.74, 6) is -2.79. The van der Waals surface area contributed by atoms with Crippen molar-refractivity contribution in [3.63, 3.8) is 0 Å². The van der Waals surface area contributed by atoms with Gasteiger partial charge in [-0.3, -0.25) is 30.3 Å². The van der Waals surface area contributed by atoms with Crippen LogP contribution in [0.15, 0.2) is 6.07 Å². The molecule has 1 rings (SSSR count). The molecule has 2 N–H and O–H groups in total. The van der Waals surface area contributed by atoms with Crippen molar-refractivity contribution >= 4 is 104 Å². The van der Waals surface area contributed by atoms with Crippen LogP contribution in [0.2, 0.25) is 0 Å². The van der Waals surface area contributed by atoms with E-state index in [1.54, 1.807) is 0 Å². The van der Waals surface area contributed by atoms with Gasteiger partial charge in [0.05, 0.1) is 20.8 Å². The first kappa shape index (κ1) is 21.2. The molecule has 0 saturated carbocycles. The molecule has 1 aromatic rings. The third kappa shape index (κ3) is 4.42. The van der Waals surface area contributed by atoms with Crippen molar-refractivity contribution in [1.29, 1.82) is 0 Å². The second kappa shape index (κ2) is 8.21. The van der Waals surface area contributed by atoms with E-state index in [4.69, 9.17) is 5.11 Å². The molecule has 1 aromatic carbocycles. The van der Waals surface area contributed by atoms with E-state index in [9.17, 15) is 35.4 Å². The summed E-state index contributed by atoms with van der Waals surface area (Å²) in [6.45, 7) is 0. The molecule has 0 amide bonds. The Hall–Kier alpha value is -0.149. The number of nitro benzene ring substituents is 3. The van der Waals surface area contributed by atoms with E-state index >= 15 is 0 Å². The molecule has 0 heterocycles. The maximum Gasteiger partial charge on any atom is 0.394 e. The molecular formula is C6H3BaCaN3O8. The smallest absolute Gasteiger partial charge is 0.394 e. The second-order valence-electron chi connectivity index (χ2n) is 2.73. The first-order valence-corrected chi connectivity index (χ1v) is 3.79. The molecule has 0 fully saturated rings. The summed E-state index contributed by atoms with van der Waals surface area (Å²) in [6.07, 6.45) is 0. The molecule has 0 aliphatic rings. The number of benzene rings is 1. The van der Waals surface area contributed by atoms with Crippen LogP contribution in [-0.4, -0.2) is 112 Å². The Bertz CT molecular complexity index is 550. The minimum absolute atomic E-state index is 0. The van der Waals surface area contributed by atoms with Crippen LogP contribution < -0.4 is 0 Å². The molecule has 0 atom stereocenters.